The molecule has 22 heavy (non-hydrogen) atoms. The zero-order valence-electron chi connectivity index (χ0n) is 13.5. The number of carbonyl (C=O) groups is 1. The molecule has 2 rings (SSSR count). The van der Waals surface area contributed by atoms with Gasteiger partial charge in [-0.3, -0.25) is 4.98 Å². The number of hydrogen-bond acceptors (Lipinski definition) is 5. The van der Waals surface area contributed by atoms with Gasteiger partial charge in [0.1, 0.15) is 17.8 Å². The van der Waals surface area contributed by atoms with Gasteiger partial charge in [-0.25, -0.2) is 4.79 Å². The van der Waals surface area contributed by atoms with E-state index in [1.54, 1.807) is 23.2 Å². The molecule has 1 aromatic heterocycles. The van der Waals surface area contributed by atoms with E-state index in [2.05, 4.69) is 4.98 Å². The highest BCUT2D eigenvalue weighted by Crippen LogP contribution is 2.24. The zero-order chi connectivity index (χ0) is 16.3. The Bertz CT molecular complexity index is 501. The third-order valence-corrected chi connectivity index (χ3v) is 3.28. The van der Waals surface area contributed by atoms with Gasteiger partial charge < -0.3 is 19.5 Å². The quantitative estimate of drug-likeness (QED) is 0.906. The Kier molecular flexibility index (Phi) is 5.03. The lowest BCUT2D eigenvalue weighted by Crippen LogP contribution is -2.52. The Balaban J connectivity index is 2.06. The van der Waals surface area contributed by atoms with Gasteiger partial charge in [-0.1, -0.05) is 6.07 Å². The van der Waals surface area contributed by atoms with Crippen LogP contribution in [0.4, 0.5) is 4.79 Å². The summed E-state index contributed by atoms with van der Waals surface area (Å²) in [5, 5.41) is 10.4. The van der Waals surface area contributed by atoms with E-state index in [1.807, 2.05) is 33.8 Å². The molecule has 6 nitrogen and oxygen atoms in total. The van der Waals surface area contributed by atoms with Gasteiger partial charge in [0.05, 0.1) is 24.9 Å². The first-order chi connectivity index (χ1) is 10.3. The van der Waals surface area contributed by atoms with Crippen molar-refractivity contribution in [1.82, 2.24) is 9.88 Å². The largest absolute Gasteiger partial charge is 0.444 e. The predicted octanol–water partition coefficient (Wildman–Crippen LogP) is 2.14. The molecule has 1 aliphatic heterocycles. The summed E-state index contributed by atoms with van der Waals surface area (Å²) in [6.07, 6.45) is -0.346. The number of aromatic nitrogens is 1. The van der Waals surface area contributed by atoms with E-state index >= 15 is 0 Å². The second kappa shape index (κ2) is 6.62. The van der Waals surface area contributed by atoms with Crippen molar-refractivity contribution in [2.75, 3.05) is 13.1 Å². The number of aliphatic hydroxyl groups excluding tert-OH is 1. The minimum Gasteiger partial charge on any atom is -0.444 e. The molecule has 3 atom stereocenters. The molecule has 0 aliphatic carbocycles. The van der Waals surface area contributed by atoms with Crippen LogP contribution in [0.1, 0.15) is 39.5 Å². The van der Waals surface area contributed by atoms with Crippen LogP contribution in [0.5, 0.6) is 0 Å². The van der Waals surface area contributed by atoms with E-state index in [0.29, 0.717) is 12.2 Å². The van der Waals surface area contributed by atoms with Gasteiger partial charge in [-0.2, -0.15) is 0 Å². The third kappa shape index (κ3) is 4.42. The van der Waals surface area contributed by atoms with E-state index < -0.39 is 17.8 Å². The summed E-state index contributed by atoms with van der Waals surface area (Å²) < 4.78 is 11.2. The van der Waals surface area contributed by atoms with E-state index in [4.69, 9.17) is 9.47 Å². The summed E-state index contributed by atoms with van der Waals surface area (Å²) in [4.78, 5) is 17.9. The Labute approximate surface area is 131 Å². The molecule has 0 spiro atoms. The predicted molar refractivity (Wildman–Crippen MR) is 81.3 cm³/mol. The Morgan fingerprint density at radius 1 is 1.45 bits per heavy atom. The monoisotopic (exact) mass is 308 g/mol. The van der Waals surface area contributed by atoms with Gasteiger partial charge in [-0.15, -0.1) is 0 Å². The normalized spacial score (nSPS) is 24.0. The second-order valence-electron chi connectivity index (χ2n) is 6.57. The Morgan fingerprint density at radius 2 is 2.18 bits per heavy atom. The van der Waals surface area contributed by atoms with E-state index in [9.17, 15) is 9.90 Å². The fourth-order valence-corrected chi connectivity index (χ4v) is 2.38. The average Bonchev–Trinajstić information content (AvgIpc) is 2.45. The number of pyridine rings is 1. The van der Waals surface area contributed by atoms with Crippen LogP contribution in [-0.2, 0) is 9.47 Å². The molecule has 1 N–H and O–H groups in total. The van der Waals surface area contributed by atoms with E-state index in [-0.39, 0.29) is 18.7 Å². The molecule has 1 amide bonds. The van der Waals surface area contributed by atoms with Crippen molar-refractivity contribution in [3.8, 4) is 0 Å². The fraction of sp³-hybridized carbons (Fsp3) is 0.625. The SMILES string of the molecule is CC1CN(C(=O)OC(C)(C)C)CC(C(O)c2ccccn2)O1. The standard InChI is InChI=1S/C16H24N2O4/c1-11-9-18(15(20)22-16(2,3)4)10-13(21-11)14(19)12-7-5-6-8-17-12/h5-8,11,13-14,19H,9-10H2,1-4H3. The zero-order valence-corrected chi connectivity index (χ0v) is 13.5. The van der Waals surface area contributed by atoms with Crippen molar-refractivity contribution < 1.29 is 19.4 Å². The van der Waals surface area contributed by atoms with Gasteiger partial charge in [-0.05, 0) is 39.8 Å². The van der Waals surface area contributed by atoms with Gasteiger partial charge in [0.2, 0.25) is 0 Å². The maximum atomic E-state index is 12.2. The number of ether oxygens (including phenoxy) is 2. The molecule has 6 heteroatoms. The summed E-state index contributed by atoms with van der Waals surface area (Å²) in [6, 6.07) is 5.34. The van der Waals surface area contributed by atoms with Gasteiger partial charge in [0.25, 0.3) is 0 Å². The molecule has 1 fully saturated rings. The van der Waals surface area contributed by atoms with Crippen molar-refractivity contribution in [3.63, 3.8) is 0 Å². The number of carbonyl (C=O) groups excluding carboxylic acids is 1. The van der Waals surface area contributed by atoms with Crippen LogP contribution in [0.25, 0.3) is 0 Å². The summed E-state index contributed by atoms with van der Waals surface area (Å²) in [7, 11) is 0. The molecule has 2 heterocycles. The first kappa shape index (κ1) is 16.7. The minimum atomic E-state index is -0.881. The number of nitrogens with zero attached hydrogens (tertiary/aromatic N) is 2. The Hall–Kier alpha value is -1.66. The van der Waals surface area contributed by atoms with Crippen LogP contribution in [0.2, 0.25) is 0 Å². The highest BCUT2D eigenvalue weighted by molar-refractivity contribution is 5.68. The fourth-order valence-electron chi connectivity index (χ4n) is 2.38. The minimum absolute atomic E-state index is 0.176. The summed E-state index contributed by atoms with van der Waals surface area (Å²) in [5.41, 5.74) is -0.0148. The molecule has 1 saturated heterocycles. The lowest BCUT2D eigenvalue weighted by Gasteiger charge is -2.38. The topological polar surface area (TPSA) is 71.9 Å². The molecular weight excluding hydrogens is 284 g/mol. The number of rotatable bonds is 2. The molecule has 0 radical (unpaired) electrons. The lowest BCUT2D eigenvalue weighted by molar-refractivity contribution is -0.125. The van der Waals surface area contributed by atoms with Crippen LogP contribution < -0.4 is 0 Å². The molecular formula is C16H24N2O4. The molecule has 0 saturated carbocycles. The van der Waals surface area contributed by atoms with Crippen molar-refractivity contribution in [2.24, 2.45) is 0 Å². The molecule has 3 unspecified atom stereocenters. The van der Waals surface area contributed by atoms with Crippen molar-refractivity contribution in [1.29, 1.82) is 0 Å². The highest BCUT2D eigenvalue weighted by Gasteiger charge is 2.35. The van der Waals surface area contributed by atoms with Crippen LogP contribution in [0, 0.1) is 0 Å². The van der Waals surface area contributed by atoms with Gasteiger partial charge >= 0.3 is 6.09 Å². The van der Waals surface area contributed by atoms with Crippen LogP contribution in [-0.4, -0.2) is 52.0 Å². The maximum Gasteiger partial charge on any atom is 0.410 e. The number of amides is 1. The highest BCUT2D eigenvalue weighted by atomic mass is 16.6. The molecule has 122 valence electrons. The van der Waals surface area contributed by atoms with Crippen molar-refractivity contribution in [2.45, 2.75) is 51.6 Å². The molecule has 1 aliphatic rings. The van der Waals surface area contributed by atoms with Crippen molar-refractivity contribution in [3.05, 3.63) is 30.1 Å². The van der Waals surface area contributed by atoms with Gasteiger partial charge in [0, 0.05) is 6.20 Å². The van der Waals surface area contributed by atoms with E-state index in [0.717, 1.165) is 0 Å². The molecule has 0 bridgehead atoms. The maximum absolute atomic E-state index is 12.2. The number of aliphatic hydroxyl groups is 1. The first-order valence-electron chi connectivity index (χ1n) is 7.48. The third-order valence-electron chi connectivity index (χ3n) is 3.28. The van der Waals surface area contributed by atoms with Crippen LogP contribution in [0.15, 0.2) is 24.4 Å². The second-order valence-corrected chi connectivity index (χ2v) is 6.57. The van der Waals surface area contributed by atoms with Crippen LogP contribution in [0.3, 0.4) is 0 Å². The molecule has 0 aromatic carbocycles. The summed E-state index contributed by atoms with van der Waals surface area (Å²) in [5.74, 6) is 0. The molecule has 1 aromatic rings. The van der Waals surface area contributed by atoms with E-state index in [1.165, 1.54) is 0 Å². The average molecular weight is 308 g/mol. The number of morpholine rings is 1. The summed E-state index contributed by atoms with van der Waals surface area (Å²) >= 11 is 0. The summed E-state index contributed by atoms with van der Waals surface area (Å²) in [6.45, 7) is 8.07. The van der Waals surface area contributed by atoms with Crippen LogP contribution >= 0.6 is 0 Å². The lowest BCUT2D eigenvalue weighted by atomic mass is 10.1. The first-order valence-corrected chi connectivity index (χ1v) is 7.48. The smallest absolute Gasteiger partial charge is 0.410 e. The van der Waals surface area contributed by atoms with Gasteiger partial charge in [0.15, 0.2) is 0 Å². The Morgan fingerprint density at radius 3 is 2.77 bits per heavy atom. The number of hydrogen-bond donors (Lipinski definition) is 1. The van der Waals surface area contributed by atoms with Crippen molar-refractivity contribution >= 4 is 6.09 Å².